The molecule has 2 N–H and O–H groups in total. The average Bonchev–Trinajstić information content (AvgIpc) is 3.62. The second kappa shape index (κ2) is 13.8. The lowest BCUT2D eigenvalue weighted by atomic mass is 9.48. The number of morpholine rings is 1. The highest BCUT2D eigenvalue weighted by molar-refractivity contribution is 6.30. The molecular formula is C45H38ClFN4O7. The number of hydrogen-bond donors (Lipinski definition) is 2. The van der Waals surface area contributed by atoms with E-state index in [2.05, 4.69) is 10.3 Å². The van der Waals surface area contributed by atoms with Crippen molar-refractivity contribution in [3.8, 4) is 11.5 Å². The van der Waals surface area contributed by atoms with Gasteiger partial charge in [0, 0.05) is 41.7 Å². The molecule has 2 aliphatic carbocycles. The number of hydrogen-bond acceptors (Lipinski definition) is 9. The van der Waals surface area contributed by atoms with Gasteiger partial charge in [0.2, 0.25) is 11.8 Å². The summed E-state index contributed by atoms with van der Waals surface area (Å²) in [5.74, 6) is -5.43. The molecule has 0 radical (unpaired) electrons. The number of phenolic OH excluding ortho intramolecular Hbond substituents is 1. The number of anilines is 3. The fraction of sp³-hybridized carbons (Fsp3) is 0.289. The number of benzene rings is 4. The van der Waals surface area contributed by atoms with Crippen LogP contribution in [0.2, 0.25) is 5.02 Å². The molecule has 3 saturated heterocycles. The van der Waals surface area contributed by atoms with Gasteiger partial charge in [0.1, 0.15) is 17.3 Å². The first-order chi connectivity index (χ1) is 28.1. The molecule has 11 nitrogen and oxygen atoms in total. The molecule has 6 atom stereocenters. The number of nitrogens with one attached hydrogen (secondary N) is 1. The number of hydrazine groups is 1. The number of imide groups is 2. The first kappa shape index (κ1) is 36.4. The second-order valence-corrected chi connectivity index (χ2v) is 16.2. The average molecular weight is 801 g/mol. The van der Waals surface area contributed by atoms with Gasteiger partial charge < -0.3 is 19.5 Å². The molecule has 4 aliphatic heterocycles. The van der Waals surface area contributed by atoms with Crippen LogP contribution in [0.5, 0.6) is 11.5 Å². The number of rotatable bonds is 6. The molecular weight excluding hydrogens is 763 g/mol. The lowest BCUT2D eigenvalue weighted by Gasteiger charge is -2.51. The Balaban J connectivity index is 1.09. The standard InChI is InChI=1S/C45H38ClFN4O7/c46-28-3-1-27(2-4-28)45-37(42(54)51(44(45)56)48-30-7-5-29(47)6-8-30)23-36-34(40(45)26-21-25-22-33(52)13-16-38(25)58-24-26)14-15-35-39(36)43(55)50(41(35)53)32-11-9-31(10-12-32)49-17-19-57-20-18-49/h1-14,16,22,24,35-37,39-40,48,52H,15,17-21,23H2. The number of halogens is 2. The van der Waals surface area contributed by atoms with Crippen LogP contribution in [0, 0.1) is 35.4 Å². The van der Waals surface area contributed by atoms with Gasteiger partial charge in [-0.3, -0.25) is 29.5 Å². The van der Waals surface area contributed by atoms with E-state index in [1.807, 2.05) is 18.2 Å². The van der Waals surface area contributed by atoms with Crippen LogP contribution < -0.4 is 20.0 Å². The molecule has 4 heterocycles. The summed E-state index contributed by atoms with van der Waals surface area (Å²) in [4.78, 5) is 63.0. The van der Waals surface area contributed by atoms with Crippen molar-refractivity contribution in [2.24, 2.45) is 29.6 Å². The minimum atomic E-state index is -1.55. The van der Waals surface area contributed by atoms with E-state index in [1.54, 1.807) is 54.8 Å². The van der Waals surface area contributed by atoms with Gasteiger partial charge in [-0.25, -0.2) is 4.39 Å². The van der Waals surface area contributed by atoms with Crippen LogP contribution in [0.15, 0.2) is 114 Å². The van der Waals surface area contributed by atoms with Gasteiger partial charge in [-0.15, -0.1) is 0 Å². The number of aromatic hydroxyl groups is 1. The number of amides is 4. The van der Waals surface area contributed by atoms with Crippen molar-refractivity contribution in [2.75, 3.05) is 41.5 Å². The molecule has 4 aromatic rings. The molecule has 294 valence electrons. The van der Waals surface area contributed by atoms with E-state index in [4.69, 9.17) is 21.1 Å². The van der Waals surface area contributed by atoms with Crippen molar-refractivity contribution in [3.63, 3.8) is 0 Å². The summed E-state index contributed by atoms with van der Waals surface area (Å²) in [5, 5.41) is 11.9. The van der Waals surface area contributed by atoms with Crippen LogP contribution in [0.4, 0.5) is 21.5 Å². The van der Waals surface area contributed by atoms with E-state index in [0.717, 1.165) is 29.4 Å². The van der Waals surface area contributed by atoms with Gasteiger partial charge in [0.05, 0.1) is 54.0 Å². The van der Waals surface area contributed by atoms with E-state index in [9.17, 15) is 23.9 Å². The van der Waals surface area contributed by atoms with Crippen molar-refractivity contribution in [3.05, 3.63) is 136 Å². The van der Waals surface area contributed by atoms with Crippen LogP contribution in [-0.2, 0) is 35.8 Å². The van der Waals surface area contributed by atoms with Crippen LogP contribution >= 0.6 is 11.6 Å². The Labute approximate surface area is 338 Å². The zero-order valence-corrected chi connectivity index (χ0v) is 31.9. The molecule has 0 aromatic heterocycles. The number of fused-ring (bicyclic) bond motifs is 5. The Morgan fingerprint density at radius 3 is 2.29 bits per heavy atom. The number of phenols is 1. The fourth-order valence-electron chi connectivity index (χ4n) is 10.4. The third kappa shape index (κ3) is 5.56. The van der Waals surface area contributed by atoms with Gasteiger partial charge >= 0.3 is 0 Å². The SMILES string of the molecule is O=C1C2CC3C(=CCC4C(=O)N(c5ccc(N6CCOCC6)cc5)C(=O)C43)C(C3=COc4ccc(O)cc4C3)C2(c2ccc(Cl)cc2)C(=O)N1Nc1ccc(F)cc1. The summed E-state index contributed by atoms with van der Waals surface area (Å²) in [6, 6.07) is 24.5. The van der Waals surface area contributed by atoms with Crippen LogP contribution in [0.3, 0.4) is 0 Å². The van der Waals surface area contributed by atoms with Gasteiger partial charge in [0.25, 0.3) is 11.8 Å². The van der Waals surface area contributed by atoms with E-state index in [1.165, 1.54) is 35.2 Å². The minimum Gasteiger partial charge on any atom is -0.508 e. The first-order valence-corrected chi connectivity index (χ1v) is 19.9. The number of ether oxygens (including phenoxy) is 2. The van der Waals surface area contributed by atoms with E-state index in [-0.39, 0.29) is 36.8 Å². The van der Waals surface area contributed by atoms with Crippen molar-refractivity contribution in [1.82, 2.24) is 5.01 Å². The number of carbonyl (C=O) groups is 4. The summed E-state index contributed by atoms with van der Waals surface area (Å²) < 4.78 is 25.7. The summed E-state index contributed by atoms with van der Waals surface area (Å²) in [6.45, 7) is 2.73. The summed E-state index contributed by atoms with van der Waals surface area (Å²) in [7, 11) is 0. The Bertz CT molecular complexity index is 2430. The molecule has 4 amide bonds. The molecule has 0 bridgehead atoms. The number of carbonyl (C=O) groups excluding carboxylic acids is 4. The maximum absolute atomic E-state index is 15.4. The summed E-state index contributed by atoms with van der Waals surface area (Å²) in [5.41, 5.74) is 5.90. The fourth-order valence-corrected chi connectivity index (χ4v) is 10.5. The molecule has 58 heavy (non-hydrogen) atoms. The molecule has 0 spiro atoms. The van der Waals surface area contributed by atoms with Crippen molar-refractivity contribution in [1.29, 1.82) is 0 Å². The summed E-state index contributed by atoms with van der Waals surface area (Å²) >= 11 is 6.42. The second-order valence-electron chi connectivity index (χ2n) is 15.8. The molecule has 13 heteroatoms. The van der Waals surface area contributed by atoms with E-state index in [0.29, 0.717) is 52.1 Å². The maximum Gasteiger partial charge on any atom is 0.260 e. The van der Waals surface area contributed by atoms with Crippen LogP contribution in [0.1, 0.15) is 24.0 Å². The third-order valence-electron chi connectivity index (χ3n) is 12.9. The number of nitrogens with zero attached hydrogens (tertiary/aromatic N) is 3. The zero-order chi connectivity index (χ0) is 39.9. The zero-order valence-electron chi connectivity index (χ0n) is 31.1. The van der Waals surface area contributed by atoms with E-state index >= 15 is 4.79 Å². The van der Waals surface area contributed by atoms with Gasteiger partial charge in [-0.2, -0.15) is 5.01 Å². The van der Waals surface area contributed by atoms with Gasteiger partial charge in [-0.1, -0.05) is 35.4 Å². The molecule has 6 unspecified atom stereocenters. The topological polar surface area (TPSA) is 129 Å². The monoisotopic (exact) mass is 800 g/mol. The maximum atomic E-state index is 15.4. The molecule has 4 fully saturated rings. The van der Waals surface area contributed by atoms with Crippen molar-refractivity contribution < 1.29 is 38.1 Å². The smallest absolute Gasteiger partial charge is 0.260 e. The van der Waals surface area contributed by atoms with E-state index < -0.39 is 52.6 Å². The summed E-state index contributed by atoms with van der Waals surface area (Å²) in [6.07, 6.45) is 4.24. The predicted molar refractivity (Wildman–Crippen MR) is 212 cm³/mol. The Morgan fingerprint density at radius 2 is 1.55 bits per heavy atom. The molecule has 6 aliphatic rings. The van der Waals surface area contributed by atoms with Crippen molar-refractivity contribution >= 4 is 52.3 Å². The molecule has 4 aromatic carbocycles. The lowest BCUT2D eigenvalue weighted by molar-refractivity contribution is -0.139. The largest absolute Gasteiger partial charge is 0.508 e. The highest BCUT2D eigenvalue weighted by Crippen LogP contribution is 2.63. The van der Waals surface area contributed by atoms with Crippen LogP contribution in [0.25, 0.3) is 0 Å². The minimum absolute atomic E-state index is 0.0464. The predicted octanol–water partition coefficient (Wildman–Crippen LogP) is 6.56. The number of allylic oxidation sites excluding steroid dienone is 3. The van der Waals surface area contributed by atoms with Gasteiger partial charge in [0.15, 0.2) is 0 Å². The van der Waals surface area contributed by atoms with Crippen LogP contribution in [-0.4, -0.2) is 60.0 Å². The highest BCUT2D eigenvalue weighted by atomic mass is 35.5. The van der Waals surface area contributed by atoms with Crippen molar-refractivity contribution in [2.45, 2.75) is 24.7 Å². The normalized spacial score (nSPS) is 27.6. The quantitative estimate of drug-likeness (QED) is 0.165. The lowest BCUT2D eigenvalue weighted by Crippen LogP contribution is -2.55. The molecule has 10 rings (SSSR count). The van der Waals surface area contributed by atoms with Gasteiger partial charge in [-0.05, 0) is 109 Å². The third-order valence-corrected chi connectivity index (χ3v) is 13.1. The Hall–Kier alpha value is -5.98. The Morgan fingerprint density at radius 1 is 0.828 bits per heavy atom. The molecule has 1 saturated carbocycles. The first-order valence-electron chi connectivity index (χ1n) is 19.5. The highest BCUT2D eigenvalue weighted by Gasteiger charge is 2.70. The Kier molecular flexibility index (Phi) is 8.68.